The van der Waals surface area contributed by atoms with Crippen molar-refractivity contribution >= 4 is 0 Å². The molecule has 1 aromatic heterocycles. The zero-order valence-corrected chi connectivity index (χ0v) is 10.5. The minimum Gasteiger partial charge on any atom is -0.315 e. The predicted molar refractivity (Wildman–Crippen MR) is 67.6 cm³/mol. The zero-order chi connectivity index (χ0) is 12.1. The van der Waals surface area contributed by atoms with Gasteiger partial charge in [-0.25, -0.2) is 0 Å². The number of rotatable bonds is 6. The maximum absolute atomic E-state index is 4.12. The third-order valence-electron chi connectivity index (χ3n) is 2.97. The molecule has 2 heterocycles. The fourth-order valence-electron chi connectivity index (χ4n) is 2.07. The van der Waals surface area contributed by atoms with Crippen molar-refractivity contribution in [2.45, 2.75) is 26.4 Å². The molecule has 0 aromatic carbocycles. The summed E-state index contributed by atoms with van der Waals surface area (Å²) in [4.78, 5) is 2.37. The van der Waals surface area contributed by atoms with E-state index in [0.717, 1.165) is 45.1 Å². The summed E-state index contributed by atoms with van der Waals surface area (Å²) in [5.74, 6) is 1.06. The van der Waals surface area contributed by atoms with E-state index in [1.807, 2.05) is 6.33 Å². The van der Waals surface area contributed by atoms with E-state index in [-0.39, 0.29) is 0 Å². The molecule has 1 aliphatic heterocycles. The second-order valence-electron chi connectivity index (χ2n) is 4.58. The average Bonchev–Trinajstić information content (AvgIpc) is 2.76. The molecule has 0 radical (unpaired) electrons. The van der Waals surface area contributed by atoms with Crippen molar-refractivity contribution in [3.8, 4) is 0 Å². The highest BCUT2D eigenvalue weighted by atomic mass is 15.3. The molecule has 0 atom stereocenters. The molecule has 5 nitrogen and oxygen atoms in total. The monoisotopic (exact) mass is 235 g/mol. The molecule has 1 N–H and O–H groups in total. The lowest BCUT2D eigenvalue weighted by Crippen LogP contribution is -2.36. The Labute approximate surface area is 103 Å². The first-order valence-corrected chi connectivity index (χ1v) is 6.26. The van der Waals surface area contributed by atoms with Crippen LogP contribution in [0.5, 0.6) is 0 Å². The van der Waals surface area contributed by atoms with Gasteiger partial charge in [0, 0.05) is 26.2 Å². The second kappa shape index (κ2) is 5.93. The number of aromatic nitrogens is 3. The molecule has 0 amide bonds. The van der Waals surface area contributed by atoms with Crippen LogP contribution in [-0.4, -0.2) is 45.8 Å². The van der Waals surface area contributed by atoms with E-state index in [9.17, 15) is 0 Å². The van der Waals surface area contributed by atoms with Gasteiger partial charge in [-0.1, -0.05) is 13.5 Å². The van der Waals surface area contributed by atoms with Gasteiger partial charge in [0.2, 0.25) is 0 Å². The third-order valence-corrected chi connectivity index (χ3v) is 2.97. The van der Waals surface area contributed by atoms with Gasteiger partial charge < -0.3 is 9.88 Å². The summed E-state index contributed by atoms with van der Waals surface area (Å²) in [6.07, 6.45) is 2.98. The topological polar surface area (TPSA) is 46.0 Å². The van der Waals surface area contributed by atoms with Crippen molar-refractivity contribution in [2.24, 2.45) is 0 Å². The third kappa shape index (κ3) is 3.38. The molecule has 0 fully saturated rings. The highest BCUT2D eigenvalue weighted by Gasteiger charge is 2.17. The van der Waals surface area contributed by atoms with E-state index in [1.54, 1.807) is 0 Å². The van der Waals surface area contributed by atoms with Gasteiger partial charge >= 0.3 is 0 Å². The fraction of sp³-hybridized carbons (Fsp3) is 0.667. The largest absolute Gasteiger partial charge is 0.315 e. The molecule has 0 saturated heterocycles. The van der Waals surface area contributed by atoms with Crippen LogP contribution in [0.25, 0.3) is 0 Å². The average molecular weight is 235 g/mol. The molecule has 94 valence electrons. The standard InChI is InChI=1S/C12H21N5/c1-3-4-13-7-11(2)8-16-5-6-17-10-14-15-12(17)9-16/h10,13H,2-9H2,1H3. The minimum absolute atomic E-state index is 0.882. The lowest BCUT2D eigenvalue weighted by Gasteiger charge is -2.27. The Hall–Kier alpha value is -1.20. The smallest absolute Gasteiger partial charge is 0.147 e. The van der Waals surface area contributed by atoms with Crippen molar-refractivity contribution in [3.63, 3.8) is 0 Å². The summed E-state index contributed by atoms with van der Waals surface area (Å²) < 4.78 is 2.12. The number of hydrogen-bond acceptors (Lipinski definition) is 4. The maximum atomic E-state index is 4.12. The minimum atomic E-state index is 0.882. The van der Waals surface area contributed by atoms with Gasteiger partial charge in [-0.05, 0) is 18.5 Å². The molecule has 1 aliphatic rings. The van der Waals surface area contributed by atoms with Crippen LogP contribution in [0.4, 0.5) is 0 Å². The van der Waals surface area contributed by atoms with Gasteiger partial charge in [0.1, 0.15) is 12.2 Å². The molecule has 2 rings (SSSR count). The van der Waals surface area contributed by atoms with Gasteiger partial charge in [-0.2, -0.15) is 0 Å². The quantitative estimate of drug-likeness (QED) is 0.581. The van der Waals surface area contributed by atoms with Gasteiger partial charge in [0.15, 0.2) is 0 Å². The van der Waals surface area contributed by atoms with Crippen LogP contribution in [0.2, 0.25) is 0 Å². The van der Waals surface area contributed by atoms with E-state index in [0.29, 0.717) is 0 Å². The molecular weight excluding hydrogens is 214 g/mol. The molecule has 1 aromatic rings. The summed E-state index contributed by atoms with van der Waals surface area (Å²) >= 11 is 0. The Morgan fingerprint density at radius 3 is 3.24 bits per heavy atom. The van der Waals surface area contributed by atoms with Crippen molar-refractivity contribution in [2.75, 3.05) is 26.2 Å². The highest BCUT2D eigenvalue weighted by Crippen LogP contribution is 2.09. The number of hydrogen-bond donors (Lipinski definition) is 1. The fourth-order valence-corrected chi connectivity index (χ4v) is 2.07. The summed E-state index contributed by atoms with van der Waals surface area (Å²) in [5, 5.41) is 11.4. The van der Waals surface area contributed by atoms with Crippen LogP contribution in [0.1, 0.15) is 19.2 Å². The van der Waals surface area contributed by atoms with Gasteiger partial charge in [-0.3, -0.25) is 4.90 Å². The van der Waals surface area contributed by atoms with E-state index >= 15 is 0 Å². The Morgan fingerprint density at radius 1 is 1.53 bits per heavy atom. The SMILES string of the molecule is C=C(CNCCC)CN1CCn2cnnc2C1. The molecule has 0 bridgehead atoms. The lowest BCUT2D eigenvalue weighted by atomic mass is 10.2. The van der Waals surface area contributed by atoms with E-state index < -0.39 is 0 Å². The zero-order valence-electron chi connectivity index (χ0n) is 10.5. The van der Waals surface area contributed by atoms with E-state index in [1.165, 1.54) is 12.0 Å². The number of nitrogens with one attached hydrogen (secondary N) is 1. The molecule has 5 heteroatoms. The molecular formula is C12H21N5. The van der Waals surface area contributed by atoms with Crippen molar-refractivity contribution in [3.05, 3.63) is 24.3 Å². The van der Waals surface area contributed by atoms with Gasteiger partial charge in [0.25, 0.3) is 0 Å². The summed E-state index contributed by atoms with van der Waals surface area (Å²) in [7, 11) is 0. The van der Waals surface area contributed by atoms with Crippen LogP contribution in [0.15, 0.2) is 18.5 Å². The highest BCUT2D eigenvalue weighted by molar-refractivity contribution is 5.01. The van der Waals surface area contributed by atoms with Crippen LogP contribution < -0.4 is 5.32 Å². The Kier molecular flexibility index (Phi) is 4.28. The number of fused-ring (bicyclic) bond motifs is 1. The lowest BCUT2D eigenvalue weighted by molar-refractivity contribution is 0.233. The van der Waals surface area contributed by atoms with Gasteiger partial charge in [-0.15, -0.1) is 10.2 Å². The normalized spacial score (nSPS) is 15.8. The van der Waals surface area contributed by atoms with Crippen LogP contribution in [0.3, 0.4) is 0 Å². The first kappa shape index (κ1) is 12.3. The van der Waals surface area contributed by atoms with Crippen LogP contribution in [-0.2, 0) is 13.1 Å². The van der Waals surface area contributed by atoms with Crippen molar-refractivity contribution < 1.29 is 0 Å². The van der Waals surface area contributed by atoms with Gasteiger partial charge in [0.05, 0.1) is 6.54 Å². The van der Waals surface area contributed by atoms with E-state index in [4.69, 9.17) is 0 Å². The van der Waals surface area contributed by atoms with Crippen molar-refractivity contribution in [1.82, 2.24) is 25.0 Å². The predicted octanol–water partition coefficient (Wildman–Crippen LogP) is 0.649. The Morgan fingerprint density at radius 2 is 2.41 bits per heavy atom. The van der Waals surface area contributed by atoms with E-state index in [2.05, 4.69) is 38.5 Å². The first-order chi connectivity index (χ1) is 8.29. The number of nitrogens with zero attached hydrogens (tertiary/aromatic N) is 4. The molecule has 0 unspecified atom stereocenters. The molecule has 0 saturated carbocycles. The molecule has 0 aliphatic carbocycles. The summed E-state index contributed by atoms with van der Waals surface area (Å²) in [5.41, 5.74) is 1.24. The Bertz CT molecular complexity index is 371. The van der Waals surface area contributed by atoms with Crippen LogP contribution in [0, 0.1) is 0 Å². The summed E-state index contributed by atoms with van der Waals surface area (Å²) in [6.45, 7) is 12.1. The summed E-state index contributed by atoms with van der Waals surface area (Å²) in [6, 6.07) is 0. The molecule has 17 heavy (non-hydrogen) atoms. The van der Waals surface area contributed by atoms with Crippen molar-refractivity contribution in [1.29, 1.82) is 0 Å². The van der Waals surface area contributed by atoms with Crippen LogP contribution >= 0.6 is 0 Å². The second-order valence-corrected chi connectivity index (χ2v) is 4.58. The first-order valence-electron chi connectivity index (χ1n) is 6.26. The maximum Gasteiger partial charge on any atom is 0.147 e. The Balaban J connectivity index is 1.76. The molecule has 0 spiro atoms.